The van der Waals surface area contributed by atoms with Gasteiger partial charge in [-0.2, -0.15) is 0 Å². The predicted octanol–water partition coefficient (Wildman–Crippen LogP) is 3.15. The van der Waals surface area contributed by atoms with Gasteiger partial charge in [0.05, 0.1) is 19.3 Å². The van der Waals surface area contributed by atoms with Crippen LogP contribution in [0.5, 0.6) is 0 Å². The Balaban J connectivity index is 2.03. The molecular weight excluding hydrogens is 308 g/mol. The maximum absolute atomic E-state index is 5.72. The van der Waals surface area contributed by atoms with E-state index in [4.69, 9.17) is 9.15 Å². The number of oxazole rings is 1. The van der Waals surface area contributed by atoms with Crippen LogP contribution >= 0.6 is 15.9 Å². The molecule has 1 heterocycles. The van der Waals surface area contributed by atoms with E-state index in [9.17, 15) is 0 Å². The summed E-state index contributed by atoms with van der Waals surface area (Å²) in [6.45, 7) is 4.12. The molecule has 0 radical (unpaired) electrons. The number of methoxy groups -OCH3 is 1. The second kappa shape index (κ2) is 6.84. The third kappa shape index (κ3) is 4.16. The van der Waals surface area contributed by atoms with Gasteiger partial charge in [0.1, 0.15) is 0 Å². The third-order valence-corrected chi connectivity index (χ3v) is 3.10. The highest BCUT2D eigenvalue weighted by atomic mass is 79.9. The monoisotopic (exact) mass is 324 g/mol. The molecule has 0 amide bonds. The zero-order chi connectivity index (χ0) is 13.7. The van der Waals surface area contributed by atoms with Crippen LogP contribution in [0, 0.1) is 6.92 Å². The van der Waals surface area contributed by atoms with Crippen molar-refractivity contribution in [2.75, 3.05) is 20.3 Å². The second-order valence-electron chi connectivity index (χ2n) is 4.31. The first-order valence-corrected chi connectivity index (χ1v) is 6.90. The van der Waals surface area contributed by atoms with E-state index < -0.39 is 0 Å². The molecule has 2 aromatic rings. The lowest BCUT2D eigenvalue weighted by molar-refractivity contribution is 0.198. The summed E-state index contributed by atoms with van der Waals surface area (Å²) < 4.78 is 11.7. The van der Waals surface area contributed by atoms with Crippen LogP contribution in [-0.4, -0.2) is 25.2 Å². The molecular formula is C14H17BrN2O2. The van der Waals surface area contributed by atoms with Crippen molar-refractivity contribution in [2.24, 2.45) is 0 Å². The van der Waals surface area contributed by atoms with Crippen molar-refractivity contribution < 1.29 is 9.15 Å². The number of rotatable bonds is 6. The van der Waals surface area contributed by atoms with Crippen LogP contribution in [0.2, 0.25) is 0 Å². The lowest BCUT2D eigenvalue weighted by Crippen LogP contribution is -2.18. The summed E-state index contributed by atoms with van der Waals surface area (Å²) in [5, 5.41) is 3.20. The first-order valence-electron chi connectivity index (χ1n) is 6.11. The van der Waals surface area contributed by atoms with E-state index in [0.29, 0.717) is 19.0 Å². The van der Waals surface area contributed by atoms with Crippen molar-refractivity contribution in [2.45, 2.75) is 13.5 Å². The van der Waals surface area contributed by atoms with Gasteiger partial charge < -0.3 is 14.5 Å². The molecule has 5 heteroatoms. The molecule has 0 saturated heterocycles. The number of nitrogens with one attached hydrogen (secondary N) is 1. The topological polar surface area (TPSA) is 47.3 Å². The molecule has 0 fully saturated rings. The fourth-order valence-corrected chi connectivity index (χ4v) is 2.38. The minimum Gasteiger partial charge on any atom is -0.439 e. The highest BCUT2D eigenvalue weighted by Crippen LogP contribution is 2.25. The Morgan fingerprint density at radius 1 is 1.37 bits per heavy atom. The Hall–Kier alpha value is -1.17. The summed E-state index contributed by atoms with van der Waals surface area (Å²) in [7, 11) is 1.68. The number of aryl methyl sites for hydroxylation is 1. The number of hydrogen-bond acceptors (Lipinski definition) is 4. The lowest BCUT2D eigenvalue weighted by atomic mass is 10.1. The molecule has 0 unspecified atom stereocenters. The maximum Gasteiger partial charge on any atom is 0.208 e. The zero-order valence-electron chi connectivity index (χ0n) is 11.1. The fraction of sp³-hybridized carbons (Fsp3) is 0.357. The van der Waals surface area contributed by atoms with Gasteiger partial charge in [-0.05, 0) is 30.7 Å². The van der Waals surface area contributed by atoms with Crippen LogP contribution < -0.4 is 5.32 Å². The fourth-order valence-electron chi connectivity index (χ4n) is 1.77. The van der Waals surface area contributed by atoms with Crippen LogP contribution in [0.15, 0.2) is 33.3 Å². The highest BCUT2D eigenvalue weighted by molar-refractivity contribution is 9.10. The van der Waals surface area contributed by atoms with Crippen LogP contribution in [0.3, 0.4) is 0 Å². The first kappa shape index (κ1) is 14.2. The second-order valence-corrected chi connectivity index (χ2v) is 5.22. The molecule has 4 nitrogen and oxygen atoms in total. The summed E-state index contributed by atoms with van der Waals surface area (Å²) in [6.07, 6.45) is 1.76. The molecule has 0 saturated carbocycles. The highest BCUT2D eigenvalue weighted by Gasteiger charge is 2.07. The standard InChI is InChI=1S/C14H17BrN2O2/c1-10-5-11(7-12(15)6-10)13-8-17-14(19-13)9-16-3-4-18-2/h5-8,16H,3-4,9H2,1-2H3. The van der Waals surface area contributed by atoms with E-state index in [0.717, 1.165) is 22.3 Å². The Kier molecular flexibility index (Phi) is 5.13. The van der Waals surface area contributed by atoms with Crippen molar-refractivity contribution in [1.29, 1.82) is 0 Å². The first-order chi connectivity index (χ1) is 9.19. The van der Waals surface area contributed by atoms with Gasteiger partial charge in [-0.15, -0.1) is 0 Å². The average molecular weight is 325 g/mol. The van der Waals surface area contributed by atoms with Gasteiger partial charge in [0.2, 0.25) is 5.89 Å². The smallest absolute Gasteiger partial charge is 0.208 e. The number of aromatic nitrogens is 1. The van der Waals surface area contributed by atoms with Crippen molar-refractivity contribution in [1.82, 2.24) is 10.3 Å². The molecule has 1 aromatic carbocycles. The summed E-state index contributed by atoms with van der Waals surface area (Å²) in [5.74, 6) is 1.47. The predicted molar refractivity (Wildman–Crippen MR) is 78.0 cm³/mol. The van der Waals surface area contributed by atoms with E-state index >= 15 is 0 Å². The molecule has 2 rings (SSSR count). The quantitative estimate of drug-likeness (QED) is 0.829. The van der Waals surface area contributed by atoms with E-state index in [1.165, 1.54) is 5.56 Å². The Morgan fingerprint density at radius 2 is 2.21 bits per heavy atom. The molecule has 0 bridgehead atoms. The van der Waals surface area contributed by atoms with Crippen molar-refractivity contribution in [3.63, 3.8) is 0 Å². The molecule has 1 N–H and O–H groups in total. The van der Waals surface area contributed by atoms with E-state index in [2.05, 4.69) is 45.3 Å². The molecule has 0 aliphatic heterocycles. The number of hydrogen-bond donors (Lipinski definition) is 1. The Morgan fingerprint density at radius 3 is 2.95 bits per heavy atom. The molecule has 1 aromatic heterocycles. The molecule has 102 valence electrons. The Labute approximate surface area is 121 Å². The molecule has 0 aliphatic carbocycles. The molecule has 19 heavy (non-hydrogen) atoms. The van der Waals surface area contributed by atoms with Gasteiger partial charge in [0.15, 0.2) is 5.76 Å². The average Bonchev–Trinajstić information content (AvgIpc) is 2.82. The molecule has 0 spiro atoms. The summed E-state index contributed by atoms with van der Waals surface area (Å²) in [5.41, 5.74) is 2.21. The Bertz CT molecular complexity index is 520. The summed E-state index contributed by atoms with van der Waals surface area (Å²) >= 11 is 3.49. The van der Waals surface area contributed by atoms with Gasteiger partial charge in [-0.3, -0.25) is 0 Å². The SMILES string of the molecule is COCCNCc1ncc(-c2cc(C)cc(Br)c2)o1. The van der Waals surface area contributed by atoms with E-state index in [-0.39, 0.29) is 0 Å². The van der Waals surface area contributed by atoms with Gasteiger partial charge in [0, 0.05) is 23.7 Å². The molecule has 0 atom stereocenters. The van der Waals surface area contributed by atoms with Crippen LogP contribution in [0.1, 0.15) is 11.5 Å². The lowest BCUT2D eigenvalue weighted by Gasteiger charge is -2.01. The number of halogens is 1. The van der Waals surface area contributed by atoms with Gasteiger partial charge in [-0.25, -0.2) is 4.98 Å². The normalized spacial score (nSPS) is 10.9. The number of nitrogens with zero attached hydrogens (tertiary/aromatic N) is 1. The maximum atomic E-state index is 5.72. The summed E-state index contributed by atoms with van der Waals surface area (Å²) in [6, 6.07) is 6.16. The van der Waals surface area contributed by atoms with Gasteiger partial charge in [0.25, 0.3) is 0 Å². The number of benzene rings is 1. The van der Waals surface area contributed by atoms with Crippen molar-refractivity contribution >= 4 is 15.9 Å². The minimum atomic E-state index is 0.607. The zero-order valence-corrected chi connectivity index (χ0v) is 12.7. The van der Waals surface area contributed by atoms with E-state index in [1.54, 1.807) is 13.3 Å². The van der Waals surface area contributed by atoms with E-state index in [1.807, 2.05) is 6.07 Å². The largest absolute Gasteiger partial charge is 0.439 e. The van der Waals surface area contributed by atoms with Gasteiger partial charge in [-0.1, -0.05) is 15.9 Å². The van der Waals surface area contributed by atoms with Crippen LogP contribution in [0.4, 0.5) is 0 Å². The van der Waals surface area contributed by atoms with Crippen LogP contribution in [0.25, 0.3) is 11.3 Å². The molecule has 0 aliphatic rings. The third-order valence-electron chi connectivity index (χ3n) is 2.64. The van der Waals surface area contributed by atoms with Crippen molar-refractivity contribution in [3.8, 4) is 11.3 Å². The minimum absolute atomic E-state index is 0.607. The van der Waals surface area contributed by atoms with Gasteiger partial charge >= 0.3 is 0 Å². The number of ether oxygens (including phenoxy) is 1. The van der Waals surface area contributed by atoms with Crippen LogP contribution in [-0.2, 0) is 11.3 Å². The van der Waals surface area contributed by atoms with Crippen molar-refractivity contribution in [3.05, 3.63) is 40.3 Å². The summed E-state index contributed by atoms with van der Waals surface area (Å²) in [4.78, 5) is 4.26.